The van der Waals surface area contributed by atoms with Crippen molar-refractivity contribution in [1.82, 2.24) is 14.7 Å². The number of rotatable bonds is 0. The first-order valence-corrected chi connectivity index (χ1v) is 6.00. The van der Waals surface area contributed by atoms with Crippen LogP contribution in [0.25, 0.3) is 6.08 Å². The van der Waals surface area contributed by atoms with Crippen LogP contribution in [0.2, 0.25) is 0 Å². The molecule has 0 aromatic carbocycles. The minimum absolute atomic E-state index is 0.0951. The topological polar surface area (TPSA) is 70.7 Å². The number of hydrogen-bond acceptors (Lipinski definition) is 3. The zero-order valence-corrected chi connectivity index (χ0v) is 9.70. The van der Waals surface area contributed by atoms with Gasteiger partial charge in [0, 0.05) is 18.0 Å². The number of aromatic nitrogens is 2. The molecule has 1 aliphatic carbocycles. The Morgan fingerprint density at radius 1 is 1.44 bits per heavy atom. The van der Waals surface area contributed by atoms with Crippen LogP contribution in [0, 0.1) is 0 Å². The molecule has 1 fully saturated rings. The van der Waals surface area contributed by atoms with Gasteiger partial charge in [0.05, 0.1) is 30.0 Å². The van der Waals surface area contributed by atoms with E-state index in [1.807, 2.05) is 10.9 Å². The van der Waals surface area contributed by atoms with Gasteiger partial charge in [0.1, 0.15) is 0 Å². The highest BCUT2D eigenvalue weighted by Crippen LogP contribution is 2.43. The zero-order valence-electron chi connectivity index (χ0n) is 9.70. The summed E-state index contributed by atoms with van der Waals surface area (Å²) in [5, 5.41) is 13.6. The maximum Gasteiger partial charge on any atom is 0.411 e. The Morgan fingerprint density at radius 3 is 3.00 bits per heavy atom. The van der Waals surface area contributed by atoms with E-state index in [1.165, 1.54) is 4.90 Å². The molecule has 1 aromatic rings. The number of carbonyl (C=O) groups is 1. The molecule has 1 amide bonds. The average Bonchev–Trinajstić information content (AvgIpc) is 3.00. The van der Waals surface area contributed by atoms with Crippen molar-refractivity contribution in [3.63, 3.8) is 0 Å². The number of fused-ring (bicyclic) bond motifs is 3. The predicted molar refractivity (Wildman–Crippen MR) is 64.4 cm³/mol. The van der Waals surface area contributed by atoms with Crippen molar-refractivity contribution >= 4 is 18.4 Å². The normalized spacial score (nSPS) is 21.9. The van der Waals surface area contributed by atoms with E-state index in [0.717, 1.165) is 36.3 Å². The van der Waals surface area contributed by atoms with E-state index < -0.39 is 6.09 Å². The molecule has 3 heterocycles. The molecule has 0 atom stereocenters. The molecule has 1 spiro atoms. The van der Waals surface area contributed by atoms with E-state index in [1.54, 1.807) is 12.3 Å². The van der Waals surface area contributed by atoms with Crippen LogP contribution in [0.15, 0.2) is 11.2 Å². The summed E-state index contributed by atoms with van der Waals surface area (Å²) in [4.78, 5) is 16.8. The van der Waals surface area contributed by atoms with Crippen molar-refractivity contribution in [2.24, 2.45) is 4.99 Å². The molecule has 3 aliphatic rings. The molecule has 1 N–H and O–H groups in total. The second kappa shape index (κ2) is 3.01. The molecule has 6 heteroatoms. The second-order valence-corrected chi connectivity index (χ2v) is 5.12. The minimum Gasteiger partial charge on any atom is -0.465 e. The van der Waals surface area contributed by atoms with Crippen LogP contribution in [0.1, 0.15) is 29.8 Å². The lowest BCUT2D eigenvalue weighted by Crippen LogP contribution is -2.27. The van der Waals surface area contributed by atoms with Gasteiger partial charge in [-0.15, -0.1) is 0 Å². The first-order chi connectivity index (χ1) is 8.67. The third-order valence-electron chi connectivity index (χ3n) is 3.84. The average molecular weight is 244 g/mol. The molecular weight excluding hydrogens is 232 g/mol. The SMILES string of the molecule is O=C(O)N1C=Cc2nn3c(c2C1)C=NC1(CC1)C3. The Kier molecular flexibility index (Phi) is 1.65. The number of aliphatic imine (C=N–C) groups is 1. The van der Waals surface area contributed by atoms with Crippen LogP contribution in [-0.2, 0) is 13.1 Å². The van der Waals surface area contributed by atoms with Gasteiger partial charge in [-0.3, -0.25) is 14.6 Å². The fourth-order valence-corrected chi connectivity index (χ4v) is 2.56. The van der Waals surface area contributed by atoms with E-state index in [4.69, 9.17) is 5.11 Å². The Balaban J connectivity index is 1.76. The summed E-state index contributed by atoms with van der Waals surface area (Å²) >= 11 is 0. The van der Waals surface area contributed by atoms with Crippen LogP contribution < -0.4 is 0 Å². The van der Waals surface area contributed by atoms with Gasteiger partial charge in [-0.25, -0.2) is 4.79 Å². The van der Waals surface area contributed by atoms with Gasteiger partial charge in [0.25, 0.3) is 0 Å². The third kappa shape index (κ3) is 1.25. The largest absolute Gasteiger partial charge is 0.465 e. The van der Waals surface area contributed by atoms with Crippen molar-refractivity contribution in [2.45, 2.75) is 31.5 Å². The van der Waals surface area contributed by atoms with E-state index in [9.17, 15) is 4.79 Å². The Labute approximate surface area is 103 Å². The molecule has 0 radical (unpaired) electrons. The highest BCUT2D eigenvalue weighted by atomic mass is 16.4. The number of hydrogen-bond donors (Lipinski definition) is 1. The molecule has 1 saturated carbocycles. The van der Waals surface area contributed by atoms with Crippen molar-refractivity contribution in [1.29, 1.82) is 0 Å². The van der Waals surface area contributed by atoms with Gasteiger partial charge in [0.2, 0.25) is 0 Å². The molecule has 18 heavy (non-hydrogen) atoms. The monoisotopic (exact) mass is 244 g/mol. The van der Waals surface area contributed by atoms with E-state index >= 15 is 0 Å². The molecule has 0 saturated heterocycles. The molecule has 6 nitrogen and oxygen atoms in total. The van der Waals surface area contributed by atoms with Crippen LogP contribution in [0.3, 0.4) is 0 Å². The molecule has 0 unspecified atom stereocenters. The summed E-state index contributed by atoms with van der Waals surface area (Å²) in [6, 6.07) is 0. The molecule has 2 aliphatic heterocycles. The van der Waals surface area contributed by atoms with Gasteiger partial charge >= 0.3 is 6.09 Å². The quantitative estimate of drug-likeness (QED) is 0.748. The van der Waals surface area contributed by atoms with Crippen molar-refractivity contribution in [3.05, 3.63) is 23.2 Å². The number of carboxylic acid groups (broad SMARTS) is 1. The van der Waals surface area contributed by atoms with Crippen molar-refractivity contribution in [3.8, 4) is 0 Å². The van der Waals surface area contributed by atoms with Gasteiger partial charge < -0.3 is 5.11 Å². The third-order valence-corrected chi connectivity index (χ3v) is 3.84. The number of nitrogens with zero attached hydrogens (tertiary/aromatic N) is 4. The molecule has 1 aromatic heterocycles. The highest BCUT2D eigenvalue weighted by molar-refractivity contribution is 5.84. The highest BCUT2D eigenvalue weighted by Gasteiger charge is 2.45. The zero-order chi connectivity index (χ0) is 12.3. The van der Waals surface area contributed by atoms with Crippen LogP contribution in [0.5, 0.6) is 0 Å². The first-order valence-electron chi connectivity index (χ1n) is 6.00. The van der Waals surface area contributed by atoms with Crippen LogP contribution in [0.4, 0.5) is 4.79 Å². The van der Waals surface area contributed by atoms with E-state index in [2.05, 4.69) is 10.1 Å². The molecule has 0 bridgehead atoms. The first kappa shape index (κ1) is 9.87. The fourth-order valence-electron chi connectivity index (χ4n) is 2.56. The Morgan fingerprint density at radius 2 is 2.28 bits per heavy atom. The molecule has 4 rings (SSSR count). The lowest BCUT2D eigenvalue weighted by molar-refractivity contribution is 0.161. The maximum absolute atomic E-state index is 11.0. The van der Waals surface area contributed by atoms with Crippen molar-refractivity contribution in [2.75, 3.05) is 0 Å². The Bertz CT molecular complexity index is 610. The van der Waals surface area contributed by atoms with Gasteiger partial charge in [-0.1, -0.05) is 0 Å². The summed E-state index contributed by atoms with van der Waals surface area (Å²) in [7, 11) is 0. The van der Waals surface area contributed by atoms with E-state index in [0.29, 0.717) is 6.54 Å². The summed E-state index contributed by atoms with van der Waals surface area (Å²) in [6.07, 6.45) is 6.50. The lowest BCUT2D eigenvalue weighted by Gasteiger charge is -2.20. The second-order valence-electron chi connectivity index (χ2n) is 5.12. The summed E-state index contributed by atoms with van der Waals surface area (Å²) in [6.45, 7) is 1.18. The van der Waals surface area contributed by atoms with Crippen LogP contribution >= 0.6 is 0 Å². The van der Waals surface area contributed by atoms with Gasteiger partial charge in [-0.05, 0) is 18.9 Å². The Hall–Kier alpha value is -2.11. The summed E-state index contributed by atoms with van der Waals surface area (Å²) in [5.74, 6) is 0. The van der Waals surface area contributed by atoms with Gasteiger partial charge in [0.15, 0.2) is 0 Å². The lowest BCUT2D eigenvalue weighted by atomic mass is 10.1. The van der Waals surface area contributed by atoms with E-state index in [-0.39, 0.29) is 5.54 Å². The smallest absolute Gasteiger partial charge is 0.411 e. The minimum atomic E-state index is -0.941. The molecular formula is C12H12N4O2. The van der Waals surface area contributed by atoms with Crippen LogP contribution in [-0.4, -0.2) is 37.6 Å². The molecule has 92 valence electrons. The van der Waals surface area contributed by atoms with Crippen molar-refractivity contribution < 1.29 is 9.90 Å². The number of amides is 1. The summed E-state index contributed by atoms with van der Waals surface area (Å²) < 4.78 is 1.97. The predicted octanol–water partition coefficient (Wildman–Crippen LogP) is 1.31. The fraction of sp³-hybridized carbons (Fsp3) is 0.417. The maximum atomic E-state index is 11.0. The van der Waals surface area contributed by atoms with Gasteiger partial charge in [-0.2, -0.15) is 5.10 Å². The standard InChI is InChI=1S/C12H12N4O2/c17-11(18)15-4-1-9-8(6-15)10-5-13-12(2-3-12)7-16(10)14-9/h1,4-5H,2-3,6-7H2,(H,17,18). The summed E-state index contributed by atoms with van der Waals surface area (Å²) in [5.41, 5.74) is 2.88.